The summed E-state index contributed by atoms with van der Waals surface area (Å²) in [6.45, 7) is 2.62. The molecule has 7 nitrogen and oxygen atoms in total. The number of nitrogens with one attached hydrogen (secondary N) is 2. The van der Waals surface area contributed by atoms with Gasteiger partial charge in [-0.25, -0.2) is 4.79 Å². The Morgan fingerprint density at radius 2 is 2.22 bits per heavy atom. The molecule has 2 heterocycles. The first-order chi connectivity index (χ1) is 8.49. The van der Waals surface area contributed by atoms with Crippen molar-refractivity contribution in [2.45, 2.75) is 31.8 Å². The van der Waals surface area contributed by atoms with Crippen molar-refractivity contribution in [2.24, 2.45) is 5.92 Å². The number of rotatable bonds is 2. The highest BCUT2D eigenvalue weighted by Gasteiger charge is 2.38. The van der Waals surface area contributed by atoms with Gasteiger partial charge in [0.1, 0.15) is 0 Å². The molecule has 2 rings (SSSR count). The van der Waals surface area contributed by atoms with Crippen LogP contribution in [0.15, 0.2) is 0 Å². The molecule has 3 amide bonds. The molecule has 3 atom stereocenters. The van der Waals surface area contributed by atoms with Crippen molar-refractivity contribution in [3.8, 4) is 0 Å². The van der Waals surface area contributed by atoms with Crippen molar-refractivity contribution >= 4 is 17.9 Å². The Kier molecular flexibility index (Phi) is 3.40. The molecule has 2 aliphatic heterocycles. The zero-order valence-corrected chi connectivity index (χ0v) is 10.2. The van der Waals surface area contributed by atoms with Crippen LogP contribution in [-0.2, 0) is 9.59 Å². The van der Waals surface area contributed by atoms with E-state index in [4.69, 9.17) is 5.11 Å². The summed E-state index contributed by atoms with van der Waals surface area (Å²) in [4.78, 5) is 35.5. The second kappa shape index (κ2) is 4.83. The Morgan fingerprint density at radius 1 is 1.50 bits per heavy atom. The molecule has 0 aliphatic carbocycles. The lowest BCUT2D eigenvalue weighted by Gasteiger charge is -2.25. The predicted molar refractivity (Wildman–Crippen MR) is 61.9 cm³/mol. The van der Waals surface area contributed by atoms with Crippen LogP contribution in [0.5, 0.6) is 0 Å². The Bertz CT molecular complexity index is 384. The maximum atomic E-state index is 12.0. The van der Waals surface area contributed by atoms with Crippen molar-refractivity contribution in [1.29, 1.82) is 0 Å². The fourth-order valence-electron chi connectivity index (χ4n) is 2.52. The fourth-order valence-corrected chi connectivity index (χ4v) is 2.52. The number of carbonyl (C=O) groups is 3. The molecule has 3 N–H and O–H groups in total. The molecule has 100 valence electrons. The smallest absolute Gasteiger partial charge is 0.317 e. The third-order valence-electron chi connectivity index (χ3n) is 3.64. The third-order valence-corrected chi connectivity index (χ3v) is 3.64. The Morgan fingerprint density at radius 3 is 2.72 bits per heavy atom. The average Bonchev–Trinajstić information content (AvgIpc) is 2.85. The zero-order chi connectivity index (χ0) is 13.3. The van der Waals surface area contributed by atoms with Gasteiger partial charge in [0, 0.05) is 25.6 Å². The minimum Gasteiger partial charge on any atom is -0.481 e. The average molecular weight is 255 g/mol. The van der Waals surface area contributed by atoms with Crippen molar-refractivity contribution in [3.05, 3.63) is 0 Å². The van der Waals surface area contributed by atoms with E-state index in [2.05, 4.69) is 10.6 Å². The first-order valence-electron chi connectivity index (χ1n) is 6.05. The van der Waals surface area contributed by atoms with Crippen LogP contribution in [0.25, 0.3) is 0 Å². The first-order valence-corrected chi connectivity index (χ1v) is 6.05. The molecule has 0 saturated carbocycles. The highest BCUT2D eigenvalue weighted by molar-refractivity contribution is 5.82. The number of urea groups is 1. The molecular weight excluding hydrogens is 238 g/mol. The van der Waals surface area contributed by atoms with E-state index in [1.165, 1.54) is 4.90 Å². The lowest BCUT2D eigenvalue weighted by Crippen LogP contribution is -2.48. The molecule has 0 aromatic rings. The molecule has 2 aliphatic rings. The summed E-state index contributed by atoms with van der Waals surface area (Å²) in [5, 5.41) is 14.4. The quantitative estimate of drug-likeness (QED) is 0.612. The number of hydrogen-bond donors (Lipinski definition) is 3. The van der Waals surface area contributed by atoms with Crippen LogP contribution in [0.2, 0.25) is 0 Å². The van der Waals surface area contributed by atoms with Gasteiger partial charge < -0.3 is 20.6 Å². The highest BCUT2D eigenvalue weighted by Crippen LogP contribution is 2.24. The Balaban J connectivity index is 1.90. The third kappa shape index (κ3) is 2.39. The molecule has 0 spiro atoms. The molecule has 0 aromatic heterocycles. The van der Waals surface area contributed by atoms with Crippen molar-refractivity contribution < 1.29 is 19.5 Å². The summed E-state index contributed by atoms with van der Waals surface area (Å²) >= 11 is 0. The van der Waals surface area contributed by atoms with Crippen LogP contribution in [0.3, 0.4) is 0 Å². The van der Waals surface area contributed by atoms with Gasteiger partial charge in [-0.1, -0.05) is 0 Å². The first kappa shape index (κ1) is 12.7. The number of hydrogen-bond acceptors (Lipinski definition) is 3. The summed E-state index contributed by atoms with van der Waals surface area (Å²) < 4.78 is 0. The van der Waals surface area contributed by atoms with E-state index in [1.54, 1.807) is 6.92 Å². The van der Waals surface area contributed by atoms with Gasteiger partial charge in [-0.2, -0.15) is 0 Å². The van der Waals surface area contributed by atoms with Gasteiger partial charge in [0.25, 0.3) is 0 Å². The monoisotopic (exact) mass is 255 g/mol. The molecule has 0 bridgehead atoms. The lowest BCUT2D eigenvalue weighted by atomic mass is 10.0. The Hall–Kier alpha value is -1.79. The summed E-state index contributed by atoms with van der Waals surface area (Å²) in [5.41, 5.74) is 0. The second-order valence-corrected chi connectivity index (χ2v) is 4.82. The standard InChI is InChI=1S/C11H17N3O4/c1-6-8(10(16)17)2-3-14(6)11(18)13-7-4-9(15)12-5-7/h6-8H,2-5H2,1H3,(H,12,15)(H,13,18)(H,16,17). The van der Waals surface area contributed by atoms with Gasteiger partial charge in [-0.3, -0.25) is 9.59 Å². The largest absolute Gasteiger partial charge is 0.481 e. The highest BCUT2D eigenvalue weighted by atomic mass is 16.4. The second-order valence-electron chi connectivity index (χ2n) is 4.82. The van der Waals surface area contributed by atoms with E-state index in [0.29, 0.717) is 19.5 Å². The van der Waals surface area contributed by atoms with Gasteiger partial charge in [0.05, 0.1) is 12.0 Å². The summed E-state index contributed by atoms with van der Waals surface area (Å²) in [7, 11) is 0. The van der Waals surface area contributed by atoms with Crippen LogP contribution in [0.1, 0.15) is 19.8 Å². The van der Waals surface area contributed by atoms with Crippen LogP contribution in [-0.4, -0.2) is 53.1 Å². The van der Waals surface area contributed by atoms with Gasteiger partial charge in [-0.05, 0) is 13.3 Å². The maximum Gasteiger partial charge on any atom is 0.317 e. The molecule has 3 unspecified atom stereocenters. The number of aliphatic carboxylic acids is 1. The number of amides is 3. The van der Waals surface area contributed by atoms with Crippen LogP contribution >= 0.6 is 0 Å². The molecule has 0 aromatic carbocycles. The van der Waals surface area contributed by atoms with E-state index in [1.807, 2.05) is 0 Å². The molecule has 2 saturated heterocycles. The van der Waals surface area contributed by atoms with Gasteiger partial charge in [-0.15, -0.1) is 0 Å². The van der Waals surface area contributed by atoms with Gasteiger partial charge in [0.15, 0.2) is 0 Å². The summed E-state index contributed by atoms with van der Waals surface area (Å²) in [5.74, 6) is -1.44. The normalized spacial score (nSPS) is 31.3. The van der Waals surface area contributed by atoms with Crippen LogP contribution in [0, 0.1) is 5.92 Å². The van der Waals surface area contributed by atoms with Crippen LogP contribution in [0.4, 0.5) is 4.79 Å². The number of carboxylic acid groups (broad SMARTS) is 1. The van der Waals surface area contributed by atoms with Crippen molar-refractivity contribution in [2.75, 3.05) is 13.1 Å². The van der Waals surface area contributed by atoms with Crippen molar-refractivity contribution in [3.63, 3.8) is 0 Å². The molecule has 0 radical (unpaired) electrons. The van der Waals surface area contributed by atoms with Crippen LogP contribution < -0.4 is 10.6 Å². The van der Waals surface area contributed by atoms with E-state index < -0.39 is 11.9 Å². The van der Waals surface area contributed by atoms with Gasteiger partial charge >= 0.3 is 12.0 Å². The number of carbonyl (C=O) groups excluding carboxylic acids is 2. The van der Waals surface area contributed by atoms with E-state index in [-0.39, 0.29) is 30.4 Å². The summed E-state index contributed by atoms with van der Waals surface area (Å²) in [6, 6.07) is -0.790. The molecule has 7 heteroatoms. The van der Waals surface area contributed by atoms with Crippen molar-refractivity contribution in [1.82, 2.24) is 15.5 Å². The fraction of sp³-hybridized carbons (Fsp3) is 0.727. The number of likely N-dealkylation sites (tertiary alicyclic amines) is 1. The zero-order valence-electron chi connectivity index (χ0n) is 10.2. The number of nitrogens with zero attached hydrogens (tertiary/aromatic N) is 1. The van der Waals surface area contributed by atoms with E-state index in [9.17, 15) is 14.4 Å². The minimum absolute atomic E-state index is 0.0711. The number of carboxylic acids is 1. The minimum atomic E-state index is -0.865. The molecule has 18 heavy (non-hydrogen) atoms. The van der Waals surface area contributed by atoms with Gasteiger partial charge in [0.2, 0.25) is 5.91 Å². The SMILES string of the molecule is CC1C(C(=O)O)CCN1C(=O)NC1CNC(=O)C1. The lowest BCUT2D eigenvalue weighted by molar-refractivity contribution is -0.142. The molecular formula is C11H17N3O4. The van der Waals surface area contributed by atoms with E-state index in [0.717, 1.165) is 0 Å². The topological polar surface area (TPSA) is 98.7 Å². The maximum absolute atomic E-state index is 12.0. The molecule has 2 fully saturated rings. The Labute approximate surface area is 105 Å². The predicted octanol–water partition coefficient (Wildman–Crippen LogP) is -0.620. The van der Waals surface area contributed by atoms with E-state index >= 15 is 0 Å². The summed E-state index contributed by atoms with van der Waals surface area (Å²) in [6.07, 6.45) is 0.766.